The molecule has 0 radical (unpaired) electrons. The van der Waals surface area contributed by atoms with Crippen LogP contribution < -0.4 is 4.74 Å². The summed E-state index contributed by atoms with van der Waals surface area (Å²) in [5.41, 5.74) is 0.731. The minimum absolute atomic E-state index is 0.0820. The summed E-state index contributed by atoms with van der Waals surface area (Å²) in [6.45, 7) is 0.193. The van der Waals surface area contributed by atoms with Gasteiger partial charge >= 0.3 is 5.97 Å². The number of thioether (sulfide) groups is 1. The van der Waals surface area contributed by atoms with Crippen LogP contribution in [0.2, 0.25) is 5.02 Å². The Labute approximate surface area is 192 Å². The topological polar surface area (TPSA) is 97.0 Å². The van der Waals surface area contributed by atoms with Gasteiger partial charge in [0.2, 0.25) is 0 Å². The highest BCUT2D eigenvalue weighted by molar-refractivity contribution is 8.18. The largest absolute Gasteiger partial charge is 0.490 e. The minimum atomic E-state index is -1.04. The third kappa shape index (κ3) is 4.71. The van der Waals surface area contributed by atoms with Crippen molar-refractivity contribution in [3.8, 4) is 17.1 Å². The number of furan rings is 1. The lowest BCUT2D eigenvalue weighted by Crippen LogP contribution is -2.32. The summed E-state index contributed by atoms with van der Waals surface area (Å²) < 4.78 is 11.3. The van der Waals surface area contributed by atoms with E-state index in [4.69, 9.17) is 25.9 Å². The van der Waals surface area contributed by atoms with Gasteiger partial charge in [-0.15, -0.1) is 0 Å². The molecule has 1 aliphatic heterocycles. The number of carbonyl (C=O) groups is 3. The molecule has 0 aliphatic carbocycles. The van der Waals surface area contributed by atoms with Crippen molar-refractivity contribution in [1.29, 1.82) is 0 Å². The quantitative estimate of drug-likeness (QED) is 0.462. The Morgan fingerprint density at radius 3 is 2.72 bits per heavy atom. The van der Waals surface area contributed by atoms with E-state index in [0.29, 0.717) is 27.9 Å². The number of nitrogens with zero attached hydrogens (tertiary/aromatic N) is 1. The number of hydrogen-bond donors (Lipinski definition) is 1. The van der Waals surface area contributed by atoms with Gasteiger partial charge in [-0.2, -0.15) is 0 Å². The Morgan fingerprint density at radius 2 is 1.94 bits per heavy atom. The van der Waals surface area contributed by atoms with Gasteiger partial charge in [0.25, 0.3) is 11.1 Å². The molecule has 2 amide bonds. The first-order valence-corrected chi connectivity index (χ1v) is 10.7. The van der Waals surface area contributed by atoms with Crippen LogP contribution in [0.1, 0.15) is 16.1 Å². The summed E-state index contributed by atoms with van der Waals surface area (Å²) in [4.78, 5) is 37.4. The lowest BCUT2D eigenvalue weighted by Gasteiger charge is -2.13. The third-order valence-electron chi connectivity index (χ3n) is 4.58. The molecule has 1 aromatic heterocycles. The zero-order valence-corrected chi connectivity index (χ0v) is 18.1. The highest BCUT2D eigenvalue weighted by atomic mass is 35.5. The number of ether oxygens (including phenoxy) is 1. The fourth-order valence-corrected chi connectivity index (χ4v) is 4.06. The number of para-hydroxylation sites is 1. The standard InChI is InChI=1S/C23H16ClNO6S/c24-17-6-1-2-7-19(17)30-11-10-25-21(26)20(32-23(25)29)13-16-8-9-18(31-16)14-4-3-5-15(12-14)22(27)28/h1-9,12-13H,10-11H2,(H,27,28)/b20-13-. The van der Waals surface area contributed by atoms with Crippen molar-refractivity contribution in [1.82, 2.24) is 4.90 Å². The predicted molar refractivity (Wildman–Crippen MR) is 121 cm³/mol. The second-order valence-corrected chi connectivity index (χ2v) is 8.10. The van der Waals surface area contributed by atoms with E-state index in [1.54, 1.807) is 48.5 Å². The molecule has 4 rings (SSSR count). The average molecular weight is 470 g/mol. The van der Waals surface area contributed by atoms with E-state index in [0.717, 1.165) is 16.7 Å². The summed E-state index contributed by atoms with van der Waals surface area (Å²) in [5.74, 6) is -0.170. The van der Waals surface area contributed by atoms with Crippen LogP contribution in [-0.2, 0) is 4.79 Å². The minimum Gasteiger partial charge on any atom is -0.490 e. The molecule has 7 nitrogen and oxygen atoms in total. The van der Waals surface area contributed by atoms with Gasteiger partial charge in [0.05, 0.1) is 22.0 Å². The van der Waals surface area contributed by atoms with E-state index in [1.807, 2.05) is 0 Å². The molecule has 2 heterocycles. The second-order valence-electron chi connectivity index (χ2n) is 6.70. The zero-order valence-electron chi connectivity index (χ0n) is 16.5. The van der Waals surface area contributed by atoms with Gasteiger partial charge in [-0.05, 0) is 48.2 Å². The van der Waals surface area contributed by atoms with E-state index in [9.17, 15) is 14.4 Å². The lowest BCUT2D eigenvalue weighted by molar-refractivity contribution is -0.123. The molecule has 1 saturated heterocycles. The first-order valence-electron chi connectivity index (χ1n) is 9.48. The number of carboxylic acids is 1. The number of rotatable bonds is 7. The lowest BCUT2D eigenvalue weighted by atomic mass is 10.1. The molecule has 1 N–H and O–H groups in total. The molecule has 0 unspecified atom stereocenters. The zero-order chi connectivity index (χ0) is 22.7. The molecule has 162 valence electrons. The molecule has 0 bridgehead atoms. The number of aromatic carboxylic acids is 1. The van der Waals surface area contributed by atoms with Gasteiger partial charge in [-0.1, -0.05) is 35.9 Å². The number of carbonyl (C=O) groups excluding carboxylic acids is 2. The molecule has 2 aromatic carbocycles. The van der Waals surface area contributed by atoms with E-state index in [-0.39, 0.29) is 23.6 Å². The van der Waals surface area contributed by atoms with Crippen molar-refractivity contribution in [2.24, 2.45) is 0 Å². The number of carboxylic acid groups (broad SMARTS) is 1. The molecular weight excluding hydrogens is 454 g/mol. The van der Waals surface area contributed by atoms with Crippen LogP contribution in [0.3, 0.4) is 0 Å². The van der Waals surface area contributed by atoms with Gasteiger partial charge in [0.1, 0.15) is 23.9 Å². The predicted octanol–water partition coefficient (Wildman–Crippen LogP) is 5.41. The number of halogens is 1. The summed E-state index contributed by atoms with van der Waals surface area (Å²) in [7, 11) is 0. The summed E-state index contributed by atoms with van der Waals surface area (Å²) in [5, 5.41) is 9.19. The second kappa shape index (κ2) is 9.33. The molecule has 1 fully saturated rings. The van der Waals surface area contributed by atoms with Crippen molar-refractivity contribution in [2.45, 2.75) is 0 Å². The normalized spacial score (nSPS) is 14.9. The average Bonchev–Trinajstić information content (AvgIpc) is 3.35. The summed E-state index contributed by atoms with van der Waals surface area (Å²) >= 11 is 6.85. The highest BCUT2D eigenvalue weighted by Crippen LogP contribution is 2.33. The van der Waals surface area contributed by atoms with E-state index < -0.39 is 17.1 Å². The molecular formula is C23H16ClNO6S. The molecule has 3 aromatic rings. The number of hydrogen-bond acceptors (Lipinski definition) is 6. The molecule has 9 heteroatoms. The third-order valence-corrected chi connectivity index (χ3v) is 5.80. The van der Waals surface area contributed by atoms with Gasteiger partial charge < -0.3 is 14.3 Å². The van der Waals surface area contributed by atoms with Crippen LogP contribution in [0.15, 0.2) is 70.0 Å². The van der Waals surface area contributed by atoms with Gasteiger partial charge in [0.15, 0.2) is 0 Å². The maximum Gasteiger partial charge on any atom is 0.335 e. The summed E-state index contributed by atoms with van der Waals surface area (Å²) in [6.07, 6.45) is 1.49. The smallest absolute Gasteiger partial charge is 0.335 e. The fraction of sp³-hybridized carbons (Fsp3) is 0.0870. The Hall–Kier alpha value is -3.49. The van der Waals surface area contributed by atoms with E-state index in [1.165, 1.54) is 18.2 Å². The van der Waals surface area contributed by atoms with Crippen LogP contribution >= 0.6 is 23.4 Å². The van der Waals surface area contributed by atoms with E-state index in [2.05, 4.69) is 0 Å². The van der Waals surface area contributed by atoms with Crippen LogP contribution in [-0.4, -0.2) is 40.3 Å². The first kappa shape index (κ1) is 21.7. The molecule has 0 saturated carbocycles. The van der Waals surface area contributed by atoms with Crippen molar-refractivity contribution in [3.63, 3.8) is 0 Å². The van der Waals surface area contributed by atoms with Crippen LogP contribution in [0, 0.1) is 0 Å². The Balaban J connectivity index is 1.43. The van der Waals surface area contributed by atoms with Crippen LogP contribution in [0.5, 0.6) is 5.75 Å². The van der Waals surface area contributed by atoms with Crippen molar-refractivity contribution in [3.05, 3.63) is 81.9 Å². The maximum atomic E-state index is 12.7. The molecule has 0 atom stereocenters. The van der Waals surface area contributed by atoms with Gasteiger partial charge in [0, 0.05) is 11.6 Å². The maximum absolute atomic E-state index is 12.7. The SMILES string of the molecule is O=C(O)c1cccc(-c2ccc(/C=C3\SC(=O)N(CCOc4ccccc4Cl)C3=O)o2)c1. The van der Waals surface area contributed by atoms with Crippen molar-refractivity contribution in [2.75, 3.05) is 13.2 Å². The highest BCUT2D eigenvalue weighted by Gasteiger charge is 2.35. The van der Waals surface area contributed by atoms with Crippen molar-refractivity contribution < 1.29 is 28.6 Å². The number of imide groups is 1. The number of benzene rings is 2. The fourth-order valence-electron chi connectivity index (χ4n) is 3.02. The Morgan fingerprint density at radius 1 is 1.12 bits per heavy atom. The first-order chi connectivity index (χ1) is 15.4. The van der Waals surface area contributed by atoms with Crippen molar-refractivity contribution >= 4 is 46.6 Å². The van der Waals surface area contributed by atoms with Crippen LogP contribution in [0.4, 0.5) is 4.79 Å². The van der Waals surface area contributed by atoms with Crippen LogP contribution in [0.25, 0.3) is 17.4 Å². The monoisotopic (exact) mass is 469 g/mol. The number of amides is 2. The molecule has 1 aliphatic rings. The Kier molecular flexibility index (Phi) is 6.34. The summed E-state index contributed by atoms with van der Waals surface area (Å²) in [6, 6.07) is 16.6. The van der Waals surface area contributed by atoms with Gasteiger partial charge in [-0.25, -0.2) is 4.79 Å². The molecule has 32 heavy (non-hydrogen) atoms. The molecule has 0 spiro atoms. The van der Waals surface area contributed by atoms with Gasteiger partial charge in [-0.3, -0.25) is 14.5 Å². The van der Waals surface area contributed by atoms with E-state index >= 15 is 0 Å². The Bertz CT molecular complexity index is 1230.